The third kappa shape index (κ3) is 2.57. The van der Waals surface area contributed by atoms with E-state index in [-0.39, 0.29) is 0 Å². The zero-order valence-electron chi connectivity index (χ0n) is 11.5. The Hall–Kier alpha value is -2.55. The topological polar surface area (TPSA) is 38.7 Å². The van der Waals surface area contributed by atoms with E-state index < -0.39 is 0 Å². The molecule has 1 aromatic carbocycles. The van der Waals surface area contributed by atoms with Gasteiger partial charge in [-0.15, -0.1) is 0 Å². The maximum atomic E-state index is 4.33. The average Bonchev–Trinajstić information content (AvgIpc) is 2.49. The van der Waals surface area contributed by atoms with Crippen LogP contribution in [-0.2, 0) is 0 Å². The lowest BCUT2D eigenvalue weighted by Crippen LogP contribution is -1.88. The van der Waals surface area contributed by atoms with Gasteiger partial charge in [0.25, 0.3) is 0 Å². The Balaban J connectivity index is 1.91. The van der Waals surface area contributed by atoms with Crippen LogP contribution in [0.5, 0.6) is 0 Å². The van der Waals surface area contributed by atoms with Crippen molar-refractivity contribution in [2.45, 2.75) is 13.8 Å². The fraction of sp³-hybridized carbons (Fsp3) is 0.118. The van der Waals surface area contributed by atoms with Crippen LogP contribution in [0.4, 0.5) is 0 Å². The molecule has 0 atom stereocenters. The van der Waals surface area contributed by atoms with Crippen molar-refractivity contribution in [3.05, 3.63) is 66.5 Å². The number of rotatable bonds is 2. The minimum absolute atomic E-state index is 0.788. The molecule has 3 aromatic rings. The van der Waals surface area contributed by atoms with Gasteiger partial charge in [0.05, 0.1) is 0 Å². The molecule has 0 N–H and O–H groups in total. The molecule has 3 nitrogen and oxygen atoms in total. The molecular weight excluding hydrogens is 246 g/mol. The Morgan fingerprint density at radius 3 is 1.60 bits per heavy atom. The molecule has 3 rings (SSSR count). The Morgan fingerprint density at radius 1 is 0.550 bits per heavy atom. The second-order valence-corrected chi connectivity index (χ2v) is 4.78. The van der Waals surface area contributed by atoms with Crippen LogP contribution in [0, 0.1) is 13.8 Å². The number of nitrogens with zero attached hydrogens (tertiary/aromatic N) is 3. The molecule has 0 spiro atoms. The molecule has 0 aliphatic carbocycles. The van der Waals surface area contributed by atoms with E-state index in [0.717, 1.165) is 33.8 Å². The fourth-order valence-corrected chi connectivity index (χ4v) is 2.04. The average molecular weight is 261 g/mol. The van der Waals surface area contributed by atoms with Crippen molar-refractivity contribution in [1.29, 1.82) is 0 Å². The Morgan fingerprint density at radius 2 is 1.05 bits per heavy atom. The zero-order chi connectivity index (χ0) is 13.9. The molecule has 0 unspecified atom stereocenters. The molecule has 2 heterocycles. The number of hydrogen-bond donors (Lipinski definition) is 0. The van der Waals surface area contributed by atoms with Crippen LogP contribution < -0.4 is 0 Å². The summed E-state index contributed by atoms with van der Waals surface area (Å²) in [6, 6.07) is 12.5. The van der Waals surface area contributed by atoms with Gasteiger partial charge in [0.2, 0.25) is 0 Å². The smallest absolute Gasteiger partial charge is 0.125 e. The predicted molar refractivity (Wildman–Crippen MR) is 80.2 cm³/mol. The van der Waals surface area contributed by atoms with E-state index in [9.17, 15) is 0 Å². The van der Waals surface area contributed by atoms with E-state index in [2.05, 4.69) is 45.3 Å². The minimum Gasteiger partial charge on any atom is -0.261 e. The van der Waals surface area contributed by atoms with Gasteiger partial charge in [-0.2, -0.15) is 0 Å². The lowest BCUT2D eigenvalue weighted by Gasteiger charge is -2.05. The molecule has 0 saturated heterocycles. The zero-order valence-corrected chi connectivity index (χ0v) is 11.5. The fourth-order valence-electron chi connectivity index (χ4n) is 2.04. The van der Waals surface area contributed by atoms with Gasteiger partial charge in [-0.3, -0.25) is 4.98 Å². The number of hydrogen-bond acceptors (Lipinski definition) is 3. The van der Waals surface area contributed by atoms with Crippen LogP contribution in [-0.4, -0.2) is 15.0 Å². The maximum Gasteiger partial charge on any atom is 0.125 e. The van der Waals surface area contributed by atoms with E-state index >= 15 is 0 Å². The highest BCUT2D eigenvalue weighted by Gasteiger charge is 2.01. The van der Waals surface area contributed by atoms with Crippen molar-refractivity contribution in [3.8, 4) is 22.3 Å². The Bertz CT molecular complexity index is 634. The van der Waals surface area contributed by atoms with Crippen molar-refractivity contribution < 1.29 is 0 Å². The summed E-state index contributed by atoms with van der Waals surface area (Å²) in [5.74, 6) is 0.788. The first-order valence-electron chi connectivity index (χ1n) is 6.54. The lowest BCUT2D eigenvalue weighted by atomic mass is 10.0. The van der Waals surface area contributed by atoms with Crippen LogP contribution in [0.3, 0.4) is 0 Å². The molecule has 98 valence electrons. The number of pyridine rings is 1. The standard InChI is InChI=1S/C17H15N3/c1-12-3-4-16(9-18-12)14-5-7-15(8-6-14)17-10-19-13(2)20-11-17/h3-11H,1-2H3. The highest BCUT2D eigenvalue weighted by atomic mass is 14.8. The number of aryl methyl sites for hydroxylation is 2. The largest absolute Gasteiger partial charge is 0.261 e. The summed E-state index contributed by atoms with van der Waals surface area (Å²) in [4.78, 5) is 12.8. The van der Waals surface area contributed by atoms with Crippen molar-refractivity contribution in [2.75, 3.05) is 0 Å². The van der Waals surface area contributed by atoms with Gasteiger partial charge in [-0.25, -0.2) is 9.97 Å². The van der Waals surface area contributed by atoms with Crippen LogP contribution in [0.1, 0.15) is 11.5 Å². The summed E-state index contributed by atoms with van der Waals surface area (Å²) in [7, 11) is 0. The lowest BCUT2D eigenvalue weighted by molar-refractivity contribution is 1.06. The van der Waals surface area contributed by atoms with Gasteiger partial charge in [-0.1, -0.05) is 30.3 Å². The van der Waals surface area contributed by atoms with Crippen LogP contribution in [0.15, 0.2) is 55.0 Å². The summed E-state index contributed by atoms with van der Waals surface area (Å²) < 4.78 is 0. The third-order valence-electron chi connectivity index (χ3n) is 3.24. The monoisotopic (exact) mass is 261 g/mol. The van der Waals surface area contributed by atoms with Crippen molar-refractivity contribution >= 4 is 0 Å². The molecule has 0 aliphatic heterocycles. The quantitative estimate of drug-likeness (QED) is 0.704. The molecule has 0 bridgehead atoms. The Labute approximate surface area is 118 Å². The Kier molecular flexibility index (Phi) is 3.25. The molecule has 0 saturated carbocycles. The second kappa shape index (κ2) is 5.21. The van der Waals surface area contributed by atoms with Crippen molar-refractivity contribution in [2.24, 2.45) is 0 Å². The molecule has 20 heavy (non-hydrogen) atoms. The van der Waals surface area contributed by atoms with Crippen LogP contribution in [0.2, 0.25) is 0 Å². The molecule has 0 amide bonds. The molecular formula is C17H15N3. The first-order chi connectivity index (χ1) is 9.72. The molecule has 3 heteroatoms. The van der Waals surface area contributed by atoms with E-state index in [4.69, 9.17) is 0 Å². The summed E-state index contributed by atoms with van der Waals surface area (Å²) >= 11 is 0. The van der Waals surface area contributed by atoms with Gasteiger partial charge in [0.15, 0.2) is 0 Å². The highest BCUT2D eigenvalue weighted by Crippen LogP contribution is 2.23. The van der Waals surface area contributed by atoms with E-state index in [1.165, 1.54) is 0 Å². The molecule has 2 aromatic heterocycles. The SMILES string of the molecule is Cc1ccc(-c2ccc(-c3cnc(C)nc3)cc2)cn1. The second-order valence-electron chi connectivity index (χ2n) is 4.78. The summed E-state index contributed by atoms with van der Waals surface area (Å²) in [6.45, 7) is 3.88. The van der Waals surface area contributed by atoms with E-state index in [1.54, 1.807) is 0 Å². The van der Waals surface area contributed by atoms with Gasteiger partial charge >= 0.3 is 0 Å². The normalized spacial score (nSPS) is 10.5. The number of aromatic nitrogens is 3. The van der Waals surface area contributed by atoms with Gasteiger partial charge in [0.1, 0.15) is 5.82 Å². The molecule has 0 radical (unpaired) electrons. The van der Waals surface area contributed by atoms with E-state index in [0.29, 0.717) is 0 Å². The number of benzene rings is 1. The van der Waals surface area contributed by atoms with Gasteiger partial charge in [-0.05, 0) is 31.0 Å². The summed E-state index contributed by atoms with van der Waals surface area (Å²) in [5.41, 5.74) is 5.47. The van der Waals surface area contributed by atoms with Crippen LogP contribution in [0.25, 0.3) is 22.3 Å². The highest BCUT2D eigenvalue weighted by molar-refractivity contribution is 5.69. The van der Waals surface area contributed by atoms with Gasteiger partial charge < -0.3 is 0 Å². The molecule has 0 fully saturated rings. The van der Waals surface area contributed by atoms with Crippen molar-refractivity contribution in [1.82, 2.24) is 15.0 Å². The maximum absolute atomic E-state index is 4.33. The van der Waals surface area contributed by atoms with Gasteiger partial charge in [0, 0.05) is 35.4 Å². The van der Waals surface area contributed by atoms with Crippen molar-refractivity contribution in [3.63, 3.8) is 0 Å². The molecule has 0 aliphatic rings. The minimum atomic E-state index is 0.788. The first kappa shape index (κ1) is 12.5. The summed E-state index contributed by atoms with van der Waals surface area (Å²) in [6.07, 6.45) is 5.61. The van der Waals surface area contributed by atoms with Crippen LogP contribution >= 0.6 is 0 Å². The third-order valence-corrected chi connectivity index (χ3v) is 3.24. The van der Waals surface area contributed by atoms with E-state index in [1.807, 2.05) is 38.5 Å². The summed E-state index contributed by atoms with van der Waals surface area (Å²) in [5, 5.41) is 0. The first-order valence-corrected chi connectivity index (χ1v) is 6.54. The predicted octanol–water partition coefficient (Wildman–Crippen LogP) is 3.82.